The number of furan rings is 1. The van der Waals surface area contributed by atoms with E-state index in [1.807, 2.05) is 17.4 Å². The van der Waals surface area contributed by atoms with Crippen molar-refractivity contribution in [2.45, 2.75) is 0 Å². The van der Waals surface area contributed by atoms with Gasteiger partial charge in [0.25, 0.3) is 0 Å². The van der Waals surface area contributed by atoms with E-state index < -0.39 is 0 Å². The summed E-state index contributed by atoms with van der Waals surface area (Å²) < 4.78 is 9.05. The van der Waals surface area contributed by atoms with Gasteiger partial charge >= 0.3 is 0 Å². The predicted molar refractivity (Wildman–Crippen MR) is 184 cm³/mol. The molecule has 0 spiro atoms. The van der Waals surface area contributed by atoms with E-state index in [4.69, 9.17) is 4.42 Å². The number of anilines is 3. The number of hydrogen-bond acceptors (Lipinski definition) is 3. The number of nitrogens with zero attached hydrogens (tertiary/aromatic N) is 1. The van der Waals surface area contributed by atoms with E-state index in [2.05, 4.69) is 150 Å². The third-order valence-corrected chi connectivity index (χ3v) is 9.61. The van der Waals surface area contributed by atoms with E-state index in [9.17, 15) is 0 Å². The molecule has 9 aromatic rings. The average Bonchev–Trinajstić information content (AvgIpc) is 3.64. The van der Waals surface area contributed by atoms with Gasteiger partial charge in [-0.25, -0.2) is 0 Å². The molecule has 0 radical (unpaired) electrons. The van der Waals surface area contributed by atoms with Crippen molar-refractivity contribution in [1.29, 1.82) is 0 Å². The van der Waals surface area contributed by atoms with Gasteiger partial charge < -0.3 is 9.32 Å². The van der Waals surface area contributed by atoms with E-state index in [1.165, 1.54) is 42.1 Å². The van der Waals surface area contributed by atoms with Gasteiger partial charge in [0.2, 0.25) is 0 Å². The van der Waals surface area contributed by atoms with Crippen LogP contribution in [0.4, 0.5) is 17.1 Å². The number of rotatable bonds is 4. The molecule has 2 heterocycles. The summed E-state index contributed by atoms with van der Waals surface area (Å²) in [5.41, 5.74) is 7.67. The molecule has 3 heteroatoms. The van der Waals surface area contributed by atoms with Crippen LogP contribution < -0.4 is 4.90 Å². The molecule has 0 aliphatic carbocycles. The molecule has 0 saturated heterocycles. The van der Waals surface area contributed by atoms with Crippen LogP contribution in [0.1, 0.15) is 0 Å². The summed E-state index contributed by atoms with van der Waals surface area (Å²) in [7, 11) is 0. The Kier molecular flexibility index (Phi) is 5.40. The van der Waals surface area contributed by atoms with Crippen molar-refractivity contribution in [2.75, 3.05) is 4.90 Å². The Bertz CT molecular complexity index is 2470. The molecule has 2 nitrogen and oxygen atoms in total. The molecule has 0 aliphatic heterocycles. The molecule has 43 heavy (non-hydrogen) atoms. The normalized spacial score (nSPS) is 11.7. The highest BCUT2D eigenvalue weighted by Gasteiger charge is 2.20. The fraction of sp³-hybridized carbons (Fsp3) is 0. The molecule has 0 fully saturated rings. The van der Waals surface area contributed by atoms with E-state index in [-0.39, 0.29) is 0 Å². The molecule has 202 valence electrons. The molecule has 0 amide bonds. The maximum absolute atomic E-state index is 6.53. The zero-order valence-electron chi connectivity index (χ0n) is 23.2. The zero-order chi connectivity index (χ0) is 28.3. The second-order valence-corrected chi connectivity index (χ2v) is 12.0. The summed E-state index contributed by atoms with van der Waals surface area (Å²) in [4.78, 5) is 2.35. The Labute approximate surface area is 252 Å². The molecule has 2 aromatic heterocycles. The van der Waals surface area contributed by atoms with Gasteiger partial charge in [-0.05, 0) is 70.9 Å². The first-order valence-electron chi connectivity index (χ1n) is 14.5. The lowest BCUT2D eigenvalue weighted by molar-refractivity contribution is 0.673. The number of thiophene rings is 1. The van der Waals surface area contributed by atoms with Crippen molar-refractivity contribution in [2.24, 2.45) is 0 Å². The van der Waals surface area contributed by atoms with Crippen LogP contribution in [0.25, 0.3) is 64.0 Å². The van der Waals surface area contributed by atoms with Crippen molar-refractivity contribution >= 4 is 81.3 Å². The summed E-state index contributed by atoms with van der Waals surface area (Å²) in [5, 5.41) is 7.20. The Balaban J connectivity index is 1.31. The molecule has 0 aliphatic rings. The van der Waals surface area contributed by atoms with Crippen LogP contribution in [0, 0.1) is 0 Å². The number of fused-ring (bicyclic) bond motifs is 8. The Hall–Kier alpha value is -5.38. The van der Waals surface area contributed by atoms with Gasteiger partial charge in [-0.1, -0.05) is 97.1 Å². The highest BCUT2D eigenvalue weighted by atomic mass is 32.1. The number of para-hydroxylation sites is 2. The van der Waals surface area contributed by atoms with Crippen molar-refractivity contribution in [1.82, 2.24) is 0 Å². The van der Waals surface area contributed by atoms with Gasteiger partial charge in [-0.2, -0.15) is 0 Å². The van der Waals surface area contributed by atoms with E-state index in [1.54, 1.807) is 0 Å². The summed E-state index contributed by atoms with van der Waals surface area (Å²) in [6.07, 6.45) is 0. The van der Waals surface area contributed by atoms with Gasteiger partial charge in [0, 0.05) is 53.6 Å². The Morgan fingerprint density at radius 1 is 0.488 bits per heavy atom. The third kappa shape index (κ3) is 3.86. The molecular weight excluding hydrogens is 543 g/mol. The van der Waals surface area contributed by atoms with Crippen LogP contribution in [0.15, 0.2) is 156 Å². The minimum absolute atomic E-state index is 0.923. The van der Waals surface area contributed by atoms with Crippen LogP contribution in [0.5, 0.6) is 0 Å². The smallest absolute Gasteiger partial charge is 0.144 e. The van der Waals surface area contributed by atoms with E-state index in [0.717, 1.165) is 39.0 Å². The van der Waals surface area contributed by atoms with Gasteiger partial charge in [-0.15, -0.1) is 11.3 Å². The predicted octanol–water partition coefficient (Wildman–Crippen LogP) is 12.2. The lowest BCUT2D eigenvalue weighted by Gasteiger charge is -2.26. The lowest BCUT2D eigenvalue weighted by Crippen LogP contribution is -2.09. The minimum atomic E-state index is 0.923. The monoisotopic (exact) mass is 567 g/mol. The number of benzene rings is 7. The second-order valence-electron chi connectivity index (χ2n) is 11.0. The van der Waals surface area contributed by atoms with Crippen molar-refractivity contribution in [3.05, 3.63) is 152 Å². The summed E-state index contributed by atoms with van der Waals surface area (Å²) in [5.74, 6) is 0. The standard InChI is InChI=1S/C40H25NOS/c1-2-14-29(15-3-1)41(31-22-21-26-11-4-5-12-27(26)23-31)30-16-10-13-28(24-30)34-25-35-32-17-6-8-19-36(32)42-39(35)38-33-18-7-9-20-37(33)43-40(34)38/h1-25H. The molecule has 0 N–H and O–H groups in total. The maximum Gasteiger partial charge on any atom is 0.144 e. The van der Waals surface area contributed by atoms with Crippen molar-refractivity contribution in [3.63, 3.8) is 0 Å². The molecule has 0 atom stereocenters. The summed E-state index contributed by atoms with van der Waals surface area (Å²) in [6.45, 7) is 0. The first-order chi connectivity index (χ1) is 21.3. The second kappa shape index (κ2) is 9.59. The van der Waals surface area contributed by atoms with Gasteiger partial charge in [0.15, 0.2) is 0 Å². The topological polar surface area (TPSA) is 16.4 Å². The van der Waals surface area contributed by atoms with Gasteiger partial charge in [0.05, 0.1) is 0 Å². The van der Waals surface area contributed by atoms with Gasteiger partial charge in [0.1, 0.15) is 11.2 Å². The third-order valence-electron chi connectivity index (χ3n) is 8.41. The molecule has 0 unspecified atom stereocenters. The first-order valence-corrected chi connectivity index (χ1v) is 15.3. The van der Waals surface area contributed by atoms with Crippen LogP contribution in [-0.4, -0.2) is 0 Å². The highest BCUT2D eigenvalue weighted by Crippen LogP contribution is 2.47. The summed E-state index contributed by atoms with van der Waals surface area (Å²) in [6, 6.07) is 54.2. The molecule has 0 saturated carbocycles. The largest absolute Gasteiger partial charge is 0.455 e. The van der Waals surface area contributed by atoms with Crippen LogP contribution >= 0.6 is 11.3 Å². The van der Waals surface area contributed by atoms with Gasteiger partial charge in [-0.3, -0.25) is 0 Å². The maximum atomic E-state index is 6.53. The van der Waals surface area contributed by atoms with Crippen LogP contribution in [0.2, 0.25) is 0 Å². The Morgan fingerprint density at radius 3 is 2.12 bits per heavy atom. The summed E-state index contributed by atoms with van der Waals surface area (Å²) >= 11 is 1.84. The van der Waals surface area contributed by atoms with Crippen LogP contribution in [-0.2, 0) is 0 Å². The fourth-order valence-electron chi connectivity index (χ4n) is 6.43. The van der Waals surface area contributed by atoms with E-state index in [0.29, 0.717) is 0 Å². The SMILES string of the molecule is c1ccc(N(c2cccc(-c3cc4c5ccccc5oc4c4c3sc3ccccc34)c2)c2ccc3ccccc3c2)cc1. The molecule has 0 bridgehead atoms. The van der Waals surface area contributed by atoms with Crippen LogP contribution in [0.3, 0.4) is 0 Å². The average molecular weight is 568 g/mol. The van der Waals surface area contributed by atoms with E-state index >= 15 is 0 Å². The molecule has 7 aromatic carbocycles. The zero-order valence-corrected chi connectivity index (χ0v) is 24.0. The first kappa shape index (κ1) is 24.2. The number of hydrogen-bond donors (Lipinski definition) is 0. The minimum Gasteiger partial charge on any atom is -0.455 e. The fourth-order valence-corrected chi connectivity index (χ4v) is 7.67. The molecule has 9 rings (SSSR count). The lowest BCUT2D eigenvalue weighted by atomic mass is 9.98. The van der Waals surface area contributed by atoms with Crippen molar-refractivity contribution < 1.29 is 4.42 Å². The Morgan fingerprint density at radius 2 is 1.21 bits per heavy atom. The van der Waals surface area contributed by atoms with Crippen molar-refractivity contribution in [3.8, 4) is 11.1 Å². The molecular formula is C40H25NOS. The highest BCUT2D eigenvalue weighted by molar-refractivity contribution is 7.26. The quantitative estimate of drug-likeness (QED) is 0.210.